The number of amides is 2. The lowest BCUT2D eigenvalue weighted by Crippen LogP contribution is -2.37. The molecule has 2 amide bonds. The molecule has 0 bridgehead atoms. The molecule has 0 fully saturated rings. The number of nitrogens with zero attached hydrogens (tertiary/aromatic N) is 3. The molecule has 30 heavy (non-hydrogen) atoms. The third-order valence-corrected chi connectivity index (χ3v) is 4.61. The van der Waals surface area contributed by atoms with E-state index in [0.717, 1.165) is 6.08 Å². The lowest BCUT2D eigenvalue weighted by atomic mass is 10.0. The number of carbonyl (C=O) groups is 2. The Bertz CT molecular complexity index is 978. The SMILES string of the molecule is CCOC(=O)N1CCC(/C(C#N)=C/NC(=O)/C=C/c2ccccc2[N+](=O)[O-])=C(S)C1. The Labute approximate surface area is 178 Å². The number of nitro groups is 1. The second-order valence-corrected chi connectivity index (χ2v) is 6.66. The van der Waals surface area contributed by atoms with E-state index in [2.05, 4.69) is 17.9 Å². The topological polar surface area (TPSA) is 126 Å². The molecule has 2 rings (SSSR count). The quantitative estimate of drug-likeness (QED) is 0.236. The number of ether oxygens (including phenoxy) is 1. The Morgan fingerprint density at radius 1 is 1.43 bits per heavy atom. The predicted molar refractivity (Wildman–Crippen MR) is 113 cm³/mol. The first-order valence-corrected chi connectivity index (χ1v) is 9.47. The van der Waals surface area contributed by atoms with E-state index in [1.54, 1.807) is 13.0 Å². The fourth-order valence-electron chi connectivity index (χ4n) is 2.75. The zero-order chi connectivity index (χ0) is 22.1. The smallest absolute Gasteiger partial charge is 0.410 e. The molecule has 1 N–H and O–H groups in total. The maximum atomic E-state index is 12.1. The van der Waals surface area contributed by atoms with Gasteiger partial charge < -0.3 is 15.0 Å². The highest BCUT2D eigenvalue weighted by Crippen LogP contribution is 2.26. The molecule has 156 valence electrons. The Morgan fingerprint density at radius 3 is 2.80 bits per heavy atom. The van der Waals surface area contributed by atoms with Gasteiger partial charge in [0.05, 0.1) is 29.2 Å². The van der Waals surface area contributed by atoms with Gasteiger partial charge >= 0.3 is 6.09 Å². The molecule has 0 saturated heterocycles. The van der Waals surface area contributed by atoms with E-state index in [-0.39, 0.29) is 30.0 Å². The van der Waals surface area contributed by atoms with Crippen molar-refractivity contribution < 1.29 is 19.2 Å². The molecule has 0 aromatic heterocycles. The minimum absolute atomic E-state index is 0.118. The summed E-state index contributed by atoms with van der Waals surface area (Å²) >= 11 is 4.38. The van der Waals surface area contributed by atoms with Gasteiger partial charge in [0.25, 0.3) is 5.69 Å². The van der Waals surface area contributed by atoms with Crippen LogP contribution in [0.25, 0.3) is 6.08 Å². The number of carbonyl (C=O) groups excluding carboxylic acids is 2. The van der Waals surface area contributed by atoms with Gasteiger partial charge in [0.2, 0.25) is 5.91 Å². The average molecular weight is 428 g/mol. The Hall–Kier alpha value is -3.58. The van der Waals surface area contributed by atoms with Crippen molar-refractivity contribution in [3.63, 3.8) is 0 Å². The van der Waals surface area contributed by atoms with Crippen LogP contribution in [0.1, 0.15) is 18.9 Å². The van der Waals surface area contributed by atoms with E-state index in [1.165, 1.54) is 35.4 Å². The van der Waals surface area contributed by atoms with Crippen molar-refractivity contribution in [2.45, 2.75) is 13.3 Å². The molecule has 1 aliphatic rings. The van der Waals surface area contributed by atoms with Gasteiger partial charge in [-0.2, -0.15) is 5.26 Å². The van der Waals surface area contributed by atoms with Crippen LogP contribution in [0.3, 0.4) is 0 Å². The summed E-state index contributed by atoms with van der Waals surface area (Å²) in [4.78, 5) is 36.4. The van der Waals surface area contributed by atoms with Crippen LogP contribution >= 0.6 is 12.6 Å². The summed E-state index contributed by atoms with van der Waals surface area (Å²) in [7, 11) is 0. The highest BCUT2D eigenvalue weighted by Gasteiger charge is 2.24. The minimum Gasteiger partial charge on any atom is -0.450 e. The van der Waals surface area contributed by atoms with Gasteiger partial charge in [-0.15, -0.1) is 12.6 Å². The van der Waals surface area contributed by atoms with Gasteiger partial charge in [-0.25, -0.2) is 4.79 Å². The van der Waals surface area contributed by atoms with Crippen molar-refractivity contribution in [2.24, 2.45) is 0 Å². The number of rotatable bonds is 6. The van der Waals surface area contributed by atoms with E-state index in [1.807, 2.05) is 6.07 Å². The molecular weight excluding hydrogens is 408 g/mol. The Balaban J connectivity index is 2.08. The first-order valence-electron chi connectivity index (χ1n) is 9.02. The normalized spacial score (nSPS) is 14.4. The Morgan fingerprint density at radius 2 is 2.17 bits per heavy atom. The van der Waals surface area contributed by atoms with Crippen LogP contribution in [0.2, 0.25) is 0 Å². The first kappa shape index (κ1) is 22.7. The van der Waals surface area contributed by atoms with E-state index < -0.39 is 16.9 Å². The predicted octanol–water partition coefficient (Wildman–Crippen LogP) is 3.18. The van der Waals surface area contributed by atoms with Crippen molar-refractivity contribution in [3.8, 4) is 6.07 Å². The maximum absolute atomic E-state index is 12.1. The maximum Gasteiger partial charge on any atom is 0.410 e. The van der Waals surface area contributed by atoms with Gasteiger partial charge in [0.1, 0.15) is 6.07 Å². The molecule has 1 aromatic carbocycles. The Kier molecular flexibility index (Phi) is 8.19. The van der Waals surface area contributed by atoms with Gasteiger partial charge in [-0.1, -0.05) is 12.1 Å². The van der Waals surface area contributed by atoms with Gasteiger partial charge in [-0.3, -0.25) is 14.9 Å². The lowest BCUT2D eigenvalue weighted by Gasteiger charge is -2.28. The molecular formula is C20H20N4O5S. The molecule has 0 saturated carbocycles. The fourth-order valence-corrected chi connectivity index (χ4v) is 3.15. The van der Waals surface area contributed by atoms with Gasteiger partial charge in [0, 0.05) is 29.8 Å². The molecule has 1 heterocycles. The van der Waals surface area contributed by atoms with E-state index in [0.29, 0.717) is 23.4 Å². The molecule has 0 unspecified atom stereocenters. The van der Waals surface area contributed by atoms with Crippen molar-refractivity contribution in [1.29, 1.82) is 5.26 Å². The summed E-state index contributed by atoms with van der Waals surface area (Å²) in [6.45, 7) is 2.56. The first-order chi connectivity index (χ1) is 14.4. The molecule has 10 heteroatoms. The van der Waals surface area contributed by atoms with Crippen molar-refractivity contribution >= 4 is 36.4 Å². The van der Waals surface area contributed by atoms with Crippen molar-refractivity contribution in [3.05, 3.63) is 68.3 Å². The number of allylic oxidation sites excluding steroid dienone is 1. The second-order valence-electron chi connectivity index (χ2n) is 6.12. The summed E-state index contributed by atoms with van der Waals surface area (Å²) < 4.78 is 4.96. The van der Waals surface area contributed by atoms with Crippen LogP contribution in [0.15, 0.2) is 52.6 Å². The van der Waals surface area contributed by atoms with Crippen LogP contribution in [0, 0.1) is 21.4 Å². The average Bonchev–Trinajstić information content (AvgIpc) is 2.73. The van der Waals surface area contributed by atoms with E-state index in [4.69, 9.17) is 4.74 Å². The second kappa shape index (κ2) is 10.8. The van der Waals surface area contributed by atoms with Gasteiger partial charge in [-0.05, 0) is 31.1 Å². The lowest BCUT2D eigenvalue weighted by molar-refractivity contribution is -0.385. The van der Waals surface area contributed by atoms with Crippen LogP contribution in [0.4, 0.5) is 10.5 Å². The third-order valence-electron chi connectivity index (χ3n) is 4.20. The van der Waals surface area contributed by atoms with E-state index in [9.17, 15) is 25.0 Å². The number of nitro benzene ring substituents is 1. The number of nitriles is 1. The molecule has 1 aliphatic heterocycles. The summed E-state index contributed by atoms with van der Waals surface area (Å²) in [6, 6.07) is 8.04. The summed E-state index contributed by atoms with van der Waals surface area (Å²) in [5, 5.41) is 22.9. The molecule has 0 atom stereocenters. The fraction of sp³-hybridized carbons (Fsp3) is 0.250. The minimum atomic E-state index is -0.550. The number of hydrogen-bond donors (Lipinski definition) is 2. The monoisotopic (exact) mass is 428 g/mol. The largest absolute Gasteiger partial charge is 0.450 e. The summed E-state index contributed by atoms with van der Waals surface area (Å²) in [6.07, 6.45) is 3.68. The zero-order valence-electron chi connectivity index (χ0n) is 16.2. The number of hydrogen-bond acceptors (Lipinski definition) is 7. The standard InChI is InChI=1S/C20H20N4O5S/c1-2-29-20(26)23-10-9-16(18(30)13-23)15(11-21)12-22-19(25)8-7-14-5-3-4-6-17(14)24(27)28/h3-8,12,30H,2,9-10,13H2,1H3,(H,22,25)/b8-7+,15-12+. The zero-order valence-corrected chi connectivity index (χ0v) is 17.1. The highest BCUT2D eigenvalue weighted by atomic mass is 32.1. The third kappa shape index (κ3) is 5.96. The number of nitrogens with one attached hydrogen (secondary N) is 1. The highest BCUT2D eigenvalue weighted by molar-refractivity contribution is 7.84. The van der Waals surface area contributed by atoms with Crippen LogP contribution in [0.5, 0.6) is 0 Å². The summed E-state index contributed by atoms with van der Waals surface area (Å²) in [5.74, 6) is -0.550. The van der Waals surface area contributed by atoms with E-state index >= 15 is 0 Å². The molecule has 0 aliphatic carbocycles. The van der Waals surface area contributed by atoms with Crippen molar-refractivity contribution in [1.82, 2.24) is 10.2 Å². The molecule has 0 spiro atoms. The number of benzene rings is 1. The van der Waals surface area contributed by atoms with Crippen LogP contribution < -0.4 is 5.32 Å². The van der Waals surface area contributed by atoms with Crippen LogP contribution in [-0.2, 0) is 9.53 Å². The van der Waals surface area contributed by atoms with Crippen LogP contribution in [-0.4, -0.2) is 41.5 Å². The van der Waals surface area contributed by atoms with Gasteiger partial charge in [0.15, 0.2) is 0 Å². The molecule has 0 radical (unpaired) electrons. The molecule has 9 nitrogen and oxygen atoms in total. The number of para-hydroxylation sites is 1. The number of thiol groups is 1. The molecule has 1 aromatic rings. The summed E-state index contributed by atoms with van der Waals surface area (Å²) in [5.41, 5.74) is 1.02. The van der Waals surface area contributed by atoms with Crippen molar-refractivity contribution in [2.75, 3.05) is 19.7 Å².